The number of H-pyrrole nitrogens is 1. The van der Waals surface area contributed by atoms with Gasteiger partial charge in [-0.25, -0.2) is 8.42 Å². The first-order valence-electron chi connectivity index (χ1n) is 6.17. The van der Waals surface area contributed by atoms with Gasteiger partial charge in [-0.2, -0.15) is 4.31 Å². The quantitative estimate of drug-likeness (QED) is 0.666. The highest BCUT2D eigenvalue weighted by molar-refractivity contribution is 7.91. The Labute approximate surface area is 126 Å². The van der Waals surface area contributed by atoms with Gasteiger partial charge in [-0.05, 0) is 13.8 Å². The number of esters is 1. The van der Waals surface area contributed by atoms with Crippen molar-refractivity contribution in [1.82, 2.24) is 9.29 Å². The van der Waals surface area contributed by atoms with Gasteiger partial charge in [0.15, 0.2) is 4.21 Å². The first-order chi connectivity index (χ1) is 9.82. The minimum absolute atomic E-state index is 0.0107. The third kappa shape index (κ3) is 4.63. The lowest BCUT2D eigenvalue weighted by atomic mass is 10.6. The summed E-state index contributed by atoms with van der Waals surface area (Å²) in [6.45, 7) is 2.97. The maximum Gasteiger partial charge on any atom is 0.321 e. The molecule has 1 aromatic rings. The molecule has 1 rings (SSSR count). The van der Waals surface area contributed by atoms with Crippen LogP contribution in [0.25, 0.3) is 0 Å². The fourth-order valence-electron chi connectivity index (χ4n) is 1.58. The van der Waals surface area contributed by atoms with Gasteiger partial charge in [0.1, 0.15) is 6.54 Å². The van der Waals surface area contributed by atoms with Gasteiger partial charge in [0, 0.05) is 19.3 Å². The molecule has 0 amide bonds. The first-order valence-corrected chi connectivity index (χ1v) is 8.43. The predicted molar refractivity (Wildman–Crippen MR) is 76.9 cm³/mol. The van der Waals surface area contributed by atoms with Crippen molar-refractivity contribution in [3.05, 3.63) is 15.4 Å². The number of carbonyl (C=O) groups is 1. The number of nitrogens with one attached hydrogen (secondary N) is 1. The van der Waals surface area contributed by atoms with Crippen LogP contribution in [0.4, 0.5) is 0 Å². The van der Waals surface area contributed by atoms with Crippen molar-refractivity contribution < 1.29 is 22.7 Å². The summed E-state index contributed by atoms with van der Waals surface area (Å²) in [5, 5.41) is 0. The molecule has 0 saturated carbocycles. The van der Waals surface area contributed by atoms with Gasteiger partial charge in [-0.1, -0.05) is 11.3 Å². The molecule has 0 radical (unpaired) electrons. The molecule has 0 unspecified atom stereocenters. The zero-order chi connectivity index (χ0) is 16.0. The lowest BCUT2D eigenvalue weighted by Crippen LogP contribution is -2.38. The SMILES string of the molecule is CCOC(=O)CN(CCOC)S(=O)(=O)c1sc(=O)[nH]c1C. The number of aryl methyl sites for hydroxylation is 1. The van der Waals surface area contributed by atoms with Gasteiger partial charge in [-0.15, -0.1) is 0 Å². The predicted octanol–water partition coefficient (Wildman–Crippen LogP) is -0.0550. The number of hydrogen-bond acceptors (Lipinski definition) is 7. The summed E-state index contributed by atoms with van der Waals surface area (Å²) in [5.41, 5.74) is 0.247. The van der Waals surface area contributed by atoms with E-state index in [2.05, 4.69) is 4.98 Å². The van der Waals surface area contributed by atoms with Crippen LogP contribution in [-0.4, -0.2) is 57.1 Å². The molecule has 0 saturated heterocycles. The maximum atomic E-state index is 12.5. The number of carbonyl (C=O) groups excluding carboxylic acids is 1. The number of aromatic amines is 1. The van der Waals surface area contributed by atoms with E-state index in [1.807, 2.05) is 0 Å². The fourth-order valence-corrected chi connectivity index (χ4v) is 4.39. The van der Waals surface area contributed by atoms with Gasteiger partial charge in [0.2, 0.25) is 0 Å². The molecule has 1 aromatic heterocycles. The zero-order valence-electron chi connectivity index (χ0n) is 12.0. The van der Waals surface area contributed by atoms with Crippen molar-refractivity contribution in [3.8, 4) is 0 Å². The number of aromatic nitrogens is 1. The van der Waals surface area contributed by atoms with E-state index >= 15 is 0 Å². The van der Waals surface area contributed by atoms with E-state index in [0.717, 1.165) is 4.31 Å². The first kappa shape index (κ1) is 17.8. The number of rotatable bonds is 8. The number of nitrogens with zero attached hydrogens (tertiary/aromatic N) is 1. The van der Waals surface area contributed by atoms with Gasteiger partial charge in [0.05, 0.1) is 13.2 Å². The van der Waals surface area contributed by atoms with Crippen LogP contribution >= 0.6 is 11.3 Å². The molecule has 0 spiro atoms. The van der Waals surface area contributed by atoms with Crippen LogP contribution in [0, 0.1) is 6.92 Å². The minimum atomic E-state index is -3.96. The molecule has 120 valence electrons. The second-order valence-electron chi connectivity index (χ2n) is 4.06. The molecule has 0 aromatic carbocycles. The Hall–Kier alpha value is -1.23. The topological polar surface area (TPSA) is 106 Å². The minimum Gasteiger partial charge on any atom is -0.465 e. The number of methoxy groups -OCH3 is 1. The average Bonchev–Trinajstić information content (AvgIpc) is 2.74. The highest BCUT2D eigenvalue weighted by Crippen LogP contribution is 2.21. The highest BCUT2D eigenvalue weighted by Gasteiger charge is 2.30. The van der Waals surface area contributed by atoms with Gasteiger partial charge in [-0.3, -0.25) is 9.59 Å². The molecule has 0 aliphatic carbocycles. The van der Waals surface area contributed by atoms with Crippen molar-refractivity contribution in [2.24, 2.45) is 0 Å². The van der Waals surface area contributed by atoms with Crippen molar-refractivity contribution in [2.75, 3.05) is 33.4 Å². The third-order valence-electron chi connectivity index (χ3n) is 2.51. The Balaban J connectivity index is 3.08. The van der Waals surface area contributed by atoms with Crippen LogP contribution < -0.4 is 4.87 Å². The summed E-state index contributed by atoms with van der Waals surface area (Å²) in [5.74, 6) is -0.655. The molecule has 0 fully saturated rings. The van der Waals surface area contributed by atoms with Crippen molar-refractivity contribution in [1.29, 1.82) is 0 Å². The van der Waals surface area contributed by atoms with Crippen molar-refractivity contribution in [2.45, 2.75) is 18.1 Å². The molecule has 10 heteroatoms. The summed E-state index contributed by atoms with van der Waals surface area (Å²) >= 11 is 0.590. The van der Waals surface area contributed by atoms with Crippen LogP contribution in [0.5, 0.6) is 0 Å². The van der Waals surface area contributed by atoms with Crippen molar-refractivity contribution >= 4 is 27.3 Å². The summed E-state index contributed by atoms with van der Waals surface area (Å²) < 4.78 is 35.5. The van der Waals surface area contributed by atoms with Crippen LogP contribution in [0.15, 0.2) is 9.00 Å². The molecule has 0 aliphatic rings. The van der Waals surface area contributed by atoms with Gasteiger partial charge in [0.25, 0.3) is 10.0 Å². The van der Waals surface area contributed by atoms with E-state index in [1.54, 1.807) is 6.92 Å². The number of ether oxygens (including phenoxy) is 2. The lowest BCUT2D eigenvalue weighted by molar-refractivity contribution is -0.143. The van der Waals surface area contributed by atoms with Gasteiger partial charge < -0.3 is 14.5 Å². The molecule has 1 N–H and O–H groups in total. The molecule has 0 bridgehead atoms. The molecule has 0 atom stereocenters. The Morgan fingerprint density at radius 1 is 1.43 bits per heavy atom. The van der Waals surface area contributed by atoms with Crippen LogP contribution in [0.2, 0.25) is 0 Å². The molecule has 0 aliphatic heterocycles. The third-order valence-corrected chi connectivity index (χ3v) is 5.94. The Morgan fingerprint density at radius 3 is 2.57 bits per heavy atom. The smallest absolute Gasteiger partial charge is 0.321 e. The Kier molecular flexibility index (Phi) is 6.52. The Bertz CT molecular complexity index is 633. The van der Waals surface area contributed by atoms with Crippen molar-refractivity contribution in [3.63, 3.8) is 0 Å². The maximum absolute atomic E-state index is 12.5. The Morgan fingerprint density at radius 2 is 2.10 bits per heavy atom. The summed E-state index contributed by atoms with van der Waals surface area (Å²) in [6, 6.07) is 0. The van der Waals surface area contributed by atoms with Crippen LogP contribution in [0.3, 0.4) is 0 Å². The molecule has 8 nitrogen and oxygen atoms in total. The molecule has 1 heterocycles. The van der Waals surface area contributed by atoms with E-state index in [-0.39, 0.29) is 29.7 Å². The largest absolute Gasteiger partial charge is 0.465 e. The molecule has 21 heavy (non-hydrogen) atoms. The van der Waals surface area contributed by atoms with E-state index < -0.39 is 27.4 Å². The molecular formula is C11H18N2O6S2. The highest BCUT2D eigenvalue weighted by atomic mass is 32.2. The second kappa shape index (κ2) is 7.69. The average molecular weight is 338 g/mol. The number of thiazole rings is 1. The number of sulfonamides is 1. The monoisotopic (exact) mass is 338 g/mol. The van der Waals surface area contributed by atoms with E-state index in [1.165, 1.54) is 14.0 Å². The van der Waals surface area contributed by atoms with E-state index in [0.29, 0.717) is 11.3 Å². The van der Waals surface area contributed by atoms with E-state index in [9.17, 15) is 18.0 Å². The van der Waals surface area contributed by atoms with Gasteiger partial charge >= 0.3 is 10.8 Å². The number of hydrogen-bond donors (Lipinski definition) is 1. The second-order valence-corrected chi connectivity index (χ2v) is 7.18. The lowest BCUT2D eigenvalue weighted by Gasteiger charge is -2.20. The standard InChI is InChI=1S/C11H18N2O6S2/c1-4-19-9(14)7-13(5-6-18-3)21(16,17)10-8(2)12-11(15)20-10/h4-7H2,1-3H3,(H,12,15). The normalized spacial score (nSPS) is 11.8. The van der Waals surface area contributed by atoms with Crippen LogP contribution in [0.1, 0.15) is 12.6 Å². The zero-order valence-corrected chi connectivity index (χ0v) is 13.7. The van der Waals surface area contributed by atoms with Crippen LogP contribution in [-0.2, 0) is 24.3 Å². The fraction of sp³-hybridized carbons (Fsp3) is 0.636. The summed E-state index contributed by atoms with van der Waals surface area (Å²) in [6.07, 6.45) is 0. The summed E-state index contributed by atoms with van der Waals surface area (Å²) in [4.78, 5) is 24.8. The summed E-state index contributed by atoms with van der Waals surface area (Å²) in [7, 11) is -2.53. The van der Waals surface area contributed by atoms with E-state index in [4.69, 9.17) is 9.47 Å². The molecular weight excluding hydrogens is 320 g/mol.